The Labute approximate surface area is 104 Å². The molecule has 0 fully saturated rings. The minimum Gasteiger partial charge on any atom is -0.357 e. The first kappa shape index (κ1) is 11.6. The third-order valence-corrected chi connectivity index (χ3v) is 4.55. The average Bonchev–Trinajstić information content (AvgIpc) is 2.84. The zero-order valence-corrected chi connectivity index (χ0v) is 11.5. The molecule has 0 aromatic carbocycles. The van der Waals surface area contributed by atoms with E-state index in [1.807, 2.05) is 11.3 Å². The molecule has 0 bridgehead atoms. The van der Waals surface area contributed by atoms with Crippen LogP contribution < -0.4 is 5.32 Å². The number of rotatable bonds is 4. The SMILES string of the molecule is CCc1csc(NCc2cc(C)c(C)s2)n1. The van der Waals surface area contributed by atoms with E-state index in [0.29, 0.717) is 0 Å². The maximum absolute atomic E-state index is 4.49. The fourth-order valence-electron chi connectivity index (χ4n) is 1.45. The van der Waals surface area contributed by atoms with Gasteiger partial charge in [-0.05, 0) is 31.9 Å². The molecule has 0 aliphatic carbocycles. The topological polar surface area (TPSA) is 24.9 Å². The highest BCUT2D eigenvalue weighted by Crippen LogP contribution is 2.22. The predicted molar refractivity (Wildman–Crippen MR) is 72.6 cm³/mol. The van der Waals surface area contributed by atoms with Gasteiger partial charge in [0.1, 0.15) is 0 Å². The van der Waals surface area contributed by atoms with Crippen LogP contribution in [0.5, 0.6) is 0 Å². The summed E-state index contributed by atoms with van der Waals surface area (Å²) in [6, 6.07) is 2.25. The number of nitrogens with one attached hydrogen (secondary N) is 1. The van der Waals surface area contributed by atoms with Gasteiger partial charge in [-0.2, -0.15) is 0 Å². The van der Waals surface area contributed by atoms with Crippen LogP contribution in [-0.2, 0) is 13.0 Å². The van der Waals surface area contributed by atoms with Crippen molar-refractivity contribution in [3.63, 3.8) is 0 Å². The van der Waals surface area contributed by atoms with Crippen molar-refractivity contribution < 1.29 is 0 Å². The van der Waals surface area contributed by atoms with Crippen LogP contribution in [0.2, 0.25) is 0 Å². The second-order valence-corrected chi connectivity index (χ2v) is 6.00. The first-order chi connectivity index (χ1) is 7.69. The van der Waals surface area contributed by atoms with E-state index in [1.54, 1.807) is 11.3 Å². The summed E-state index contributed by atoms with van der Waals surface area (Å²) in [6.45, 7) is 7.34. The molecular formula is C12H16N2S2. The Morgan fingerprint density at radius 2 is 2.19 bits per heavy atom. The summed E-state index contributed by atoms with van der Waals surface area (Å²) in [4.78, 5) is 7.27. The van der Waals surface area contributed by atoms with E-state index in [1.165, 1.54) is 21.0 Å². The molecule has 2 aromatic heterocycles. The Morgan fingerprint density at radius 1 is 1.38 bits per heavy atom. The van der Waals surface area contributed by atoms with Crippen molar-refractivity contribution in [3.05, 3.63) is 32.5 Å². The summed E-state index contributed by atoms with van der Waals surface area (Å²) in [6.07, 6.45) is 1.01. The molecule has 0 radical (unpaired) electrons. The Hall–Kier alpha value is -0.870. The lowest BCUT2D eigenvalue weighted by molar-refractivity contribution is 1.05. The molecule has 16 heavy (non-hydrogen) atoms. The summed E-state index contributed by atoms with van der Waals surface area (Å²) in [5.41, 5.74) is 2.56. The lowest BCUT2D eigenvalue weighted by Gasteiger charge is -1.98. The van der Waals surface area contributed by atoms with Gasteiger partial charge in [0.05, 0.1) is 12.2 Å². The third kappa shape index (κ3) is 2.62. The van der Waals surface area contributed by atoms with Crippen LogP contribution in [0, 0.1) is 13.8 Å². The van der Waals surface area contributed by atoms with Crippen molar-refractivity contribution in [2.24, 2.45) is 0 Å². The van der Waals surface area contributed by atoms with Crippen molar-refractivity contribution in [3.8, 4) is 0 Å². The van der Waals surface area contributed by atoms with E-state index in [9.17, 15) is 0 Å². The molecule has 0 unspecified atom stereocenters. The molecule has 0 saturated heterocycles. The van der Waals surface area contributed by atoms with Gasteiger partial charge in [0.2, 0.25) is 0 Å². The maximum Gasteiger partial charge on any atom is 0.183 e. The first-order valence-electron chi connectivity index (χ1n) is 5.43. The van der Waals surface area contributed by atoms with Crippen LogP contribution in [0.15, 0.2) is 11.4 Å². The van der Waals surface area contributed by atoms with Crippen molar-refractivity contribution in [1.29, 1.82) is 0 Å². The van der Waals surface area contributed by atoms with Gasteiger partial charge in [-0.3, -0.25) is 0 Å². The van der Waals surface area contributed by atoms with Crippen molar-refractivity contribution >= 4 is 27.8 Å². The number of hydrogen-bond acceptors (Lipinski definition) is 4. The van der Waals surface area contributed by atoms with E-state index in [2.05, 4.69) is 42.5 Å². The molecule has 2 heterocycles. The largest absolute Gasteiger partial charge is 0.357 e. The Kier molecular flexibility index (Phi) is 3.61. The van der Waals surface area contributed by atoms with Gasteiger partial charge in [0.25, 0.3) is 0 Å². The monoisotopic (exact) mass is 252 g/mol. The van der Waals surface area contributed by atoms with E-state index in [0.717, 1.165) is 18.1 Å². The van der Waals surface area contributed by atoms with Crippen molar-refractivity contribution in [1.82, 2.24) is 4.98 Å². The molecule has 0 aliphatic rings. The molecular weight excluding hydrogens is 236 g/mol. The zero-order valence-electron chi connectivity index (χ0n) is 9.83. The van der Waals surface area contributed by atoms with Crippen molar-refractivity contribution in [2.45, 2.75) is 33.7 Å². The highest BCUT2D eigenvalue weighted by atomic mass is 32.1. The van der Waals surface area contributed by atoms with Gasteiger partial charge in [0.15, 0.2) is 5.13 Å². The number of aromatic nitrogens is 1. The van der Waals surface area contributed by atoms with Gasteiger partial charge in [-0.25, -0.2) is 4.98 Å². The summed E-state index contributed by atoms with van der Waals surface area (Å²) in [5, 5.41) is 6.52. The molecule has 0 amide bonds. The van der Waals surface area contributed by atoms with Gasteiger partial charge < -0.3 is 5.32 Å². The fraction of sp³-hybridized carbons (Fsp3) is 0.417. The minimum absolute atomic E-state index is 0.885. The molecule has 4 heteroatoms. The van der Waals surface area contributed by atoms with Crippen LogP contribution >= 0.6 is 22.7 Å². The number of thiazole rings is 1. The third-order valence-electron chi connectivity index (χ3n) is 2.54. The highest BCUT2D eigenvalue weighted by molar-refractivity contribution is 7.14. The zero-order chi connectivity index (χ0) is 11.5. The Balaban J connectivity index is 1.96. The van der Waals surface area contributed by atoms with Crippen molar-refractivity contribution in [2.75, 3.05) is 5.32 Å². The quantitative estimate of drug-likeness (QED) is 0.889. The van der Waals surface area contributed by atoms with Gasteiger partial charge in [-0.15, -0.1) is 22.7 Å². The van der Waals surface area contributed by atoms with Crippen LogP contribution in [0.3, 0.4) is 0 Å². The molecule has 0 atom stereocenters. The maximum atomic E-state index is 4.49. The van der Waals surface area contributed by atoms with Gasteiger partial charge in [-0.1, -0.05) is 6.92 Å². The first-order valence-corrected chi connectivity index (χ1v) is 7.13. The molecule has 0 aliphatic heterocycles. The Morgan fingerprint density at radius 3 is 2.75 bits per heavy atom. The van der Waals surface area contributed by atoms with E-state index in [4.69, 9.17) is 0 Å². The average molecular weight is 252 g/mol. The number of hydrogen-bond donors (Lipinski definition) is 1. The standard InChI is InChI=1S/C12H16N2S2/c1-4-10-7-15-12(14-10)13-6-11-5-8(2)9(3)16-11/h5,7H,4,6H2,1-3H3,(H,13,14). The van der Waals surface area contributed by atoms with Gasteiger partial charge in [0, 0.05) is 15.1 Å². The molecule has 1 N–H and O–H groups in total. The normalized spacial score (nSPS) is 10.7. The molecule has 0 spiro atoms. The molecule has 86 valence electrons. The smallest absolute Gasteiger partial charge is 0.183 e. The van der Waals surface area contributed by atoms with E-state index < -0.39 is 0 Å². The number of anilines is 1. The minimum atomic E-state index is 0.885. The highest BCUT2D eigenvalue weighted by Gasteiger charge is 2.03. The molecule has 0 saturated carbocycles. The van der Waals surface area contributed by atoms with Crippen LogP contribution in [-0.4, -0.2) is 4.98 Å². The number of thiophene rings is 1. The van der Waals surface area contributed by atoms with Crippen LogP contribution in [0.1, 0.15) is 27.9 Å². The van der Waals surface area contributed by atoms with Gasteiger partial charge >= 0.3 is 0 Å². The van der Waals surface area contributed by atoms with Crippen LogP contribution in [0.4, 0.5) is 5.13 Å². The van der Waals surface area contributed by atoms with E-state index >= 15 is 0 Å². The lowest BCUT2D eigenvalue weighted by Crippen LogP contribution is -1.96. The second-order valence-electron chi connectivity index (χ2n) is 3.80. The molecule has 2 rings (SSSR count). The summed E-state index contributed by atoms with van der Waals surface area (Å²) in [7, 11) is 0. The second kappa shape index (κ2) is 4.97. The number of aryl methyl sites for hydroxylation is 3. The predicted octanol–water partition coefficient (Wildman–Crippen LogP) is 4.00. The number of nitrogens with zero attached hydrogens (tertiary/aromatic N) is 1. The fourth-order valence-corrected chi connectivity index (χ4v) is 3.24. The molecule has 2 aromatic rings. The van der Waals surface area contributed by atoms with Crippen LogP contribution in [0.25, 0.3) is 0 Å². The van der Waals surface area contributed by atoms with E-state index in [-0.39, 0.29) is 0 Å². The summed E-state index contributed by atoms with van der Waals surface area (Å²) < 4.78 is 0. The summed E-state index contributed by atoms with van der Waals surface area (Å²) >= 11 is 3.55. The molecule has 2 nitrogen and oxygen atoms in total. The summed E-state index contributed by atoms with van der Waals surface area (Å²) in [5.74, 6) is 0. The lowest BCUT2D eigenvalue weighted by atomic mass is 10.3. The Bertz CT molecular complexity index is 452.